The molecule has 0 saturated heterocycles. The lowest BCUT2D eigenvalue weighted by atomic mass is 9.87. The van der Waals surface area contributed by atoms with Gasteiger partial charge in [-0.05, 0) is 49.9 Å². The van der Waals surface area contributed by atoms with Crippen molar-refractivity contribution >= 4 is 39.2 Å². The predicted molar refractivity (Wildman–Crippen MR) is 117 cm³/mol. The molecule has 3 aromatic rings. The number of fused-ring (bicyclic) bond motifs is 1. The van der Waals surface area contributed by atoms with Crippen molar-refractivity contribution in [1.82, 2.24) is 4.98 Å². The molecule has 1 fully saturated rings. The first kappa shape index (κ1) is 17.2. The second kappa shape index (κ2) is 6.60. The standard InChI is InChI=1S/C21H22N6S/c22-19-25-20(23)27(21(26-19)11-4-1-5-12-21)15-8-6-7-14(13-15)18-24-16-9-2-3-10-17(16)28-18/h2-3,6-10,13H,1,4-5,11-12H2,(H4,22,23,25,26). The number of aliphatic imine (C=N–C) groups is 2. The van der Waals surface area contributed by atoms with Crippen molar-refractivity contribution in [1.29, 1.82) is 0 Å². The van der Waals surface area contributed by atoms with Crippen LogP contribution in [0, 0.1) is 0 Å². The smallest absolute Gasteiger partial charge is 0.220 e. The van der Waals surface area contributed by atoms with Crippen molar-refractivity contribution in [3.8, 4) is 10.6 Å². The minimum absolute atomic E-state index is 0.276. The summed E-state index contributed by atoms with van der Waals surface area (Å²) in [7, 11) is 0. The molecule has 28 heavy (non-hydrogen) atoms. The Kier molecular flexibility index (Phi) is 4.05. The van der Waals surface area contributed by atoms with Crippen LogP contribution in [0.1, 0.15) is 32.1 Å². The number of hydrogen-bond acceptors (Lipinski definition) is 7. The fourth-order valence-corrected chi connectivity index (χ4v) is 5.23. The third-order valence-electron chi connectivity index (χ3n) is 5.50. The highest BCUT2D eigenvalue weighted by Gasteiger charge is 2.42. The molecule has 1 aromatic heterocycles. The molecule has 1 spiro atoms. The lowest BCUT2D eigenvalue weighted by Gasteiger charge is -2.45. The van der Waals surface area contributed by atoms with Gasteiger partial charge in [0.05, 0.1) is 10.2 Å². The first-order chi connectivity index (χ1) is 13.6. The number of nitrogens with two attached hydrogens (primary N) is 2. The molecule has 2 aliphatic rings. The van der Waals surface area contributed by atoms with Crippen molar-refractivity contribution in [2.24, 2.45) is 21.5 Å². The Hall–Kier alpha value is -2.93. The highest BCUT2D eigenvalue weighted by molar-refractivity contribution is 7.21. The average molecular weight is 391 g/mol. The van der Waals surface area contributed by atoms with Crippen LogP contribution in [-0.2, 0) is 0 Å². The molecule has 0 atom stereocenters. The Bertz CT molecular complexity index is 1060. The van der Waals surface area contributed by atoms with Crippen molar-refractivity contribution in [3.63, 3.8) is 0 Å². The first-order valence-corrected chi connectivity index (χ1v) is 10.4. The summed E-state index contributed by atoms with van der Waals surface area (Å²) >= 11 is 1.70. The zero-order chi connectivity index (χ0) is 19.1. The number of guanidine groups is 2. The summed E-state index contributed by atoms with van der Waals surface area (Å²) in [5.74, 6) is 0.689. The molecule has 0 radical (unpaired) electrons. The second-order valence-corrected chi connectivity index (χ2v) is 8.39. The van der Waals surface area contributed by atoms with E-state index in [1.165, 1.54) is 11.1 Å². The largest absolute Gasteiger partial charge is 0.369 e. The van der Waals surface area contributed by atoms with Crippen LogP contribution in [0.5, 0.6) is 0 Å². The zero-order valence-electron chi connectivity index (χ0n) is 15.5. The van der Waals surface area contributed by atoms with Crippen molar-refractivity contribution in [2.45, 2.75) is 37.8 Å². The molecule has 0 amide bonds. The van der Waals surface area contributed by atoms with E-state index in [0.717, 1.165) is 47.5 Å². The second-order valence-electron chi connectivity index (χ2n) is 7.36. The Labute approximate surface area is 167 Å². The molecular formula is C21H22N6S. The van der Waals surface area contributed by atoms with Crippen LogP contribution in [-0.4, -0.2) is 22.6 Å². The summed E-state index contributed by atoms with van der Waals surface area (Å²) in [4.78, 5) is 15.9. The number of nitrogens with zero attached hydrogens (tertiary/aromatic N) is 4. The van der Waals surface area contributed by atoms with E-state index in [1.54, 1.807) is 11.3 Å². The van der Waals surface area contributed by atoms with Gasteiger partial charge in [0.25, 0.3) is 0 Å². The van der Waals surface area contributed by atoms with Crippen LogP contribution in [0.2, 0.25) is 0 Å². The lowest BCUT2D eigenvalue weighted by molar-refractivity contribution is 0.305. The molecule has 5 rings (SSSR count). The van der Waals surface area contributed by atoms with E-state index in [1.807, 2.05) is 24.3 Å². The summed E-state index contributed by atoms with van der Waals surface area (Å²) in [6, 6.07) is 16.5. The van der Waals surface area contributed by atoms with Gasteiger partial charge in [-0.2, -0.15) is 4.99 Å². The summed E-state index contributed by atoms with van der Waals surface area (Å²) in [5.41, 5.74) is 15.0. The SMILES string of the molecule is NC1=NC2(CCCCC2)N(c2cccc(-c3nc4ccccc4s3)c2)C(N)=N1. The quantitative estimate of drug-likeness (QED) is 0.690. The summed E-state index contributed by atoms with van der Waals surface area (Å²) in [5, 5.41) is 0.997. The Morgan fingerprint density at radius 1 is 0.964 bits per heavy atom. The maximum absolute atomic E-state index is 6.36. The van der Waals surface area contributed by atoms with Gasteiger partial charge in [-0.25, -0.2) is 9.98 Å². The molecule has 6 nitrogen and oxygen atoms in total. The molecule has 1 aliphatic heterocycles. The van der Waals surface area contributed by atoms with Gasteiger partial charge in [0, 0.05) is 11.3 Å². The van der Waals surface area contributed by atoms with E-state index < -0.39 is 5.66 Å². The van der Waals surface area contributed by atoms with Crippen LogP contribution in [0.3, 0.4) is 0 Å². The fourth-order valence-electron chi connectivity index (χ4n) is 4.27. The van der Waals surface area contributed by atoms with E-state index in [2.05, 4.69) is 34.2 Å². The van der Waals surface area contributed by atoms with Crippen LogP contribution in [0.4, 0.5) is 5.69 Å². The predicted octanol–water partition coefficient (Wildman–Crippen LogP) is 4.07. The van der Waals surface area contributed by atoms with Crippen molar-refractivity contribution in [3.05, 3.63) is 48.5 Å². The molecule has 2 aromatic carbocycles. The normalized spacial score (nSPS) is 18.9. The van der Waals surface area contributed by atoms with Gasteiger partial charge in [-0.15, -0.1) is 11.3 Å². The Morgan fingerprint density at radius 3 is 2.61 bits per heavy atom. The number of aromatic nitrogens is 1. The van der Waals surface area contributed by atoms with Gasteiger partial charge in [-0.1, -0.05) is 30.7 Å². The van der Waals surface area contributed by atoms with Gasteiger partial charge in [0.2, 0.25) is 11.9 Å². The summed E-state index contributed by atoms with van der Waals surface area (Å²) < 4.78 is 1.18. The Balaban J connectivity index is 1.59. The molecule has 1 aliphatic carbocycles. The minimum atomic E-state index is -0.430. The zero-order valence-corrected chi connectivity index (χ0v) is 16.3. The van der Waals surface area contributed by atoms with Crippen molar-refractivity contribution < 1.29 is 0 Å². The number of rotatable bonds is 2. The Morgan fingerprint density at radius 2 is 1.79 bits per heavy atom. The van der Waals surface area contributed by atoms with Crippen molar-refractivity contribution in [2.75, 3.05) is 4.90 Å². The fraction of sp³-hybridized carbons (Fsp3) is 0.286. The van der Waals surface area contributed by atoms with Crippen LogP contribution in [0.15, 0.2) is 58.5 Å². The minimum Gasteiger partial charge on any atom is -0.369 e. The average Bonchev–Trinajstić information content (AvgIpc) is 3.12. The molecule has 142 valence electrons. The third kappa shape index (κ3) is 2.82. The van der Waals surface area contributed by atoms with Gasteiger partial charge >= 0.3 is 0 Å². The van der Waals surface area contributed by atoms with E-state index >= 15 is 0 Å². The maximum Gasteiger partial charge on any atom is 0.220 e. The van der Waals surface area contributed by atoms with Crippen LogP contribution >= 0.6 is 11.3 Å². The third-order valence-corrected chi connectivity index (χ3v) is 6.58. The lowest BCUT2D eigenvalue weighted by Crippen LogP contribution is -2.58. The maximum atomic E-state index is 6.36. The first-order valence-electron chi connectivity index (χ1n) is 9.60. The van der Waals surface area contributed by atoms with E-state index in [4.69, 9.17) is 21.4 Å². The van der Waals surface area contributed by atoms with Gasteiger partial charge < -0.3 is 11.5 Å². The number of para-hydroxylation sites is 1. The monoisotopic (exact) mass is 390 g/mol. The summed E-state index contributed by atoms with van der Waals surface area (Å²) in [6.45, 7) is 0. The highest BCUT2D eigenvalue weighted by Crippen LogP contribution is 2.40. The van der Waals surface area contributed by atoms with Crippen LogP contribution < -0.4 is 16.4 Å². The number of thiazole rings is 1. The summed E-state index contributed by atoms with van der Waals surface area (Å²) in [6.07, 6.45) is 5.29. The molecule has 0 unspecified atom stereocenters. The molecule has 0 bridgehead atoms. The number of anilines is 1. The number of benzene rings is 2. The topological polar surface area (TPSA) is 92.9 Å². The number of hydrogen-bond donors (Lipinski definition) is 2. The van der Waals surface area contributed by atoms with E-state index in [0.29, 0.717) is 5.96 Å². The van der Waals surface area contributed by atoms with Gasteiger partial charge in [0.1, 0.15) is 10.7 Å². The molecule has 7 heteroatoms. The van der Waals surface area contributed by atoms with E-state index in [9.17, 15) is 0 Å². The molecular weight excluding hydrogens is 368 g/mol. The van der Waals surface area contributed by atoms with Gasteiger partial charge in [0.15, 0.2) is 0 Å². The molecule has 1 saturated carbocycles. The van der Waals surface area contributed by atoms with Gasteiger partial charge in [-0.3, -0.25) is 4.90 Å². The highest BCUT2D eigenvalue weighted by atomic mass is 32.1. The molecule has 4 N–H and O–H groups in total. The molecule has 2 heterocycles. The van der Waals surface area contributed by atoms with Crippen LogP contribution in [0.25, 0.3) is 20.8 Å². The van der Waals surface area contributed by atoms with E-state index in [-0.39, 0.29) is 5.96 Å².